The molecular formula is C13H14N2O. The molecule has 16 heavy (non-hydrogen) atoms. The Balaban J connectivity index is 2.45. The van der Waals surface area contributed by atoms with E-state index in [0.29, 0.717) is 6.54 Å². The topological polar surface area (TPSA) is 48.0 Å². The molecule has 1 aromatic heterocycles. The number of benzene rings is 1. The van der Waals surface area contributed by atoms with Crippen LogP contribution in [-0.2, 0) is 6.42 Å². The summed E-state index contributed by atoms with van der Waals surface area (Å²) in [5.74, 6) is 0. The number of hydrogen-bond acceptors (Lipinski definition) is 2. The molecule has 0 amide bonds. The smallest absolute Gasteiger partial charge is 0.255 e. The van der Waals surface area contributed by atoms with E-state index in [9.17, 15) is 4.79 Å². The average Bonchev–Trinajstić information content (AvgIpc) is 2.30. The lowest BCUT2D eigenvalue weighted by molar-refractivity contribution is 0.948. The largest absolute Gasteiger partial charge is 0.330 e. The summed E-state index contributed by atoms with van der Waals surface area (Å²) in [7, 11) is 0. The predicted octanol–water partition coefficient (Wildman–Crippen LogP) is 1.34. The highest BCUT2D eigenvalue weighted by atomic mass is 16.1. The van der Waals surface area contributed by atoms with Crippen LogP contribution < -0.4 is 11.3 Å². The van der Waals surface area contributed by atoms with Crippen molar-refractivity contribution in [1.82, 2.24) is 4.57 Å². The van der Waals surface area contributed by atoms with Gasteiger partial charge in [0.25, 0.3) is 5.56 Å². The second kappa shape index (κ2) is 4.77. The maximum Gasteiger partial charge on any atom is 0.255 e. The van der Waals surface area contributed by atoms with Crippen molar-refractivity contribution in [3.8, 4) is 5.69 Å². The summed E-state index contributed by atoms with van der Waals surface area (Å²) in [6.07, 6.45) is 2.60. The maximum absolute atomic E-state index is 11.6. The minimum atomic E-state index is -0.0209. The number of nitrogens with two attached hydrogens (primary N) is 1. The third-order valence-corrected chi connectivity index (χ3v) is 2.44. The molecule has 3 nitrogen and oxygen atoms in total. The van der Waals surface area contributed by atoms with Gasteiger partial charge in [-0.1, -0.05) is 18.2 Å². The molecule has 0 aliphatic heterocycles. The molecule has 0 radical (unpaired) electrons. The Bertz CT molecular complexity index is 531. The summed E-state index contributed by atoms with van der Waals surface area (Å²) < 4.78 is 1.63. The Hall–Kier alpha value is -1.87. The van der Waals surface area contributed by atoms with Crippen molar-refractivity contribution in [3.05, 3.63) is 64.6 Å². The predicted molar refractivity (Wildman–Crippen MR) is 64.8 cm³/mol. The van der Waals surface area contributed by atoms with E-state index >= 15 is 0 Å². The highest BCUT2D eigenvalue weighted by molar-refractivity contribution is 5.36. The highest BCUT2D eigenvalue weighted by Crippen LogP contribution is 2.08. The summed E-state index contributed by atoms with van der Waals surface area (Å²) in [6, 6.07) is 13.0. The zero-order valence-corrected chi connectivity index (χ0v) is 8.97. The fourth-order valence-corrected chi connectivity index (χ4v) is 1.67. The van der Waals surface area contributed by atoms with Gasteiger partial charge in [0.05, 0.1) is 0 Å². The van der Waals surface area contributed by atoms with Gasteiger partial charge in [-0.25, -0.2) is 0 Å². The average molecular weight is 214 g/mol. The van der Waals surface area contributed by atoms with Crippen molar-refractivity contribution < 1.29 is 0 Å². The molecule has 0 unspecified atom stereocenters. The Morgan fingerprint density at radius 1 is 1.12 bits per heavy atom. The second-order valence-corrected chi connectivity index (χ2v) is 3.62. The van der Waals surface area contributed by atoms with Crippen molar-refractivity contribution in [2.24, 2.45) is 5.73 Å². The maximum atomic E-state index is 11.6. The Morgan fingerprint density at radius 2 is 2.00 bits per heavy atom. The summed E-state index contributed by atoms with van der Waals surface area (Å²) in [5, 5.41) is 0. The first-order valence-electron chi connectivity index (χ1n) is 5.28. The van der Waals surface area contributed by atoms with Gasteiger partial charge in [-0.2, -0.15) is 0 Å². The fourth-order valence-electron chi connectivity index (χ4n) is 1.67. The van der Waals surface area contributed by atoms with Crippen LogP contribution >= 0.6 is 0 Å². The van der Waals surface area contributed by atoms with Gasteiger partial charge in [-0.3, -0.25) is 9.36 Å². The Kier molecular flexibility index (Phi) is 3.17. The third kappa shape index (κ3) is 2.20. The van der Waals surface area contributed by atoms with E-state index < -0.39 is 0 Å². The molecule has 2 N–H and O–H groups in total. The normalized spacial score (nSPS) is 10.3. The van der Waals surface area contributed by atoms with Crippen LogP contribution in [-0.4, -0.2) is 11.1 Å². The molecule has 0 atom stereocenters. The standard InChI is InChI=1S/C13H14N2O/c14-8-7-11-4-3-5-12(10-11)15-9-2-1-6-13(15)16/h1-6,9-10H,7-8,14H2. The van der Waals surface area contributed by atoms with Crippen molar-refractivity contribution in [2.45, 2.75) is 6.42 Å². The molecule has 0 saturated carbocycles. The van der Waals surface area contributed by atoms with Crippen LogP contribution in [0.25, 0.3) is 5.69 Å². The molecule has 3 heteroatoms. The van der Waals surface area contributed by atoms with Crippen LogP contribution in [0.1, 0.15) is 5.56 Å². The minimum Gasteiger partial charge on any atom is -0.330 e. The molecule has 0 aliphatic rings. The van der Waals surface area contributed by atoms with E-state index in [0.717, 1.165) is 17.7 Å². The second-order valence-electron chi connectivity index (χ2n) is 3.62. The van der Waals surface area contributed by atoms with E-state index in [1.165, 1.54) is 0 Å². The quantitative estimate of drug-likeness (QED) is 0.838. The molecule has 0 saturated heterocycles. The van der Waals surface area contributed by atoms with E-state index in [2.05, 4.69) is 0 Å². The molecule has 0 bridgehead atoms. The lowest BCUT2D eigenvalue weighted by Crippen LogP contribution is -2.15. The summed E-state index contributed by atoms with van der Waals surface area (Å²) >= 11 is 0. The lowest BCUT2D eigenvalue weighted by Gasteiger charge is -2.06. The van der Waals surface area contributed by atoms with Gasteiger partial charge in [-0.05, 0) is 36.7 Å². The number of rotatable bonds is 3. The van der Waals surface area contributed by atoms with Gasteiger partial charge in [0, 0.05) is 18.0 Å². The third-order valence-electron chi connectivity index (χ3n) is 2.44. The summed E-state index contributed by atoms with van der Waals surface area (Å²) in [4.78, 5) is 11.6. The van der Waals surface area contributed by atoms with Gasteiger partial charge in [0.1, 0.15) is 0 Å². The van der Waals surface area contributed by atoms with Crippen LogP contribution in [0.5, 0.6) is 0 Å². The van der Waals surface area contributed by atoms with Crippen LogP contribution in [0.3, 0.4) is 0 Å². The molecule has 1 heterocycles. The monoisotopic (exact) mass is 214 g/mol. The zero-order chi connectivity index (χ0) is 11.4. The number of aromatic nitrogens is 1. The van der Waals surface area contributed by atoms with Crippen molar-refractivity contribution in [3.63, 3.8) is 0 Å². The van der Waals surface area contributed by atoms with E-state index in [4.69, 9.17) is 5.73 Å². The first-order chi connectivity index (χ1) is 7.81. The molecule has 0 aliphatic carbocycles. The molecular weight excluding hydrogens is 200 g/mol. The molecule has 2 aromatic rings. The minimum absolute atomic E-state index is 0.0209. The molecule has 0 fully saturated rings. The Morgan fingerprint density at radius 3 is 2.75 bits per heavy atom. The highest BCUT2D eigenvalue weighted by Gasteiger charge is 1.99. The van der Waals surface area contributed by atoms with Gasteiger partial charge < -0.3 is 5.73 Å². The van der Waals surface area contributed by atoms with Crippen molar-refractivity contribution >= 4 is 0 Å². The molecule has 0 spiro atoms. The van der Waals surface area contributed by atoms with Gasteiger partial charge in [-0.15, -0.1) is 0 Å². The van der Waals surface area contributed by atoms with Crippen molar-refractivity contribution in [2.75, 3.05) is 6.54 Å². The zero-order valence-electron chi connectivity index (χ0n) is 8.97. The Labute approximate surface area is 94.1 Å². The SMILES string of the molecule is NCCc1cccc(-n2ccccc2=O)c1. The van der Waals surface area contributed by atoms with E-state index in [1.54, 1.807) is 22.9 Å². The van der Waals surface area contributed by atoms with Crippen LogP contribution in [0.4, 0.5) is 0 Å². The lowest BCUT2D eigenvalue weighted by atomic mass is 10.1. The summed E-state index contributed by atoms with van der Waals surface area (Å²) in [6.45, 7) is 0.618. The molecule has 2 rings (SSSR count). The van der Waals surface area contributed by atoms with Gasteiger partial charge >= 0.3 is 0 Å². The summed E-state index contributed by atoms with van der Waals surface area (Å²) in [5.41, 5.74) is 7.52. The van der Waals surface area contributed by atoms with E-state index in [1.807, 2.05) is 30.3 Å². The first kappa shape index (κ1) is 10.6. The molecule has 1 aromatic carbocycles. The van der Waals surface area contributed by atoms with Crippen LogP contribution in [0.15, 0.2) is 53.5 Å². The molecule has 82 valence electrons. The fraction of sp³-hybridized carbons (Fsp3) is 0.154. The van der Waals surface area contributed by atoms with Crippen LogP contribution in [0, 0.1) is 0 Å². The first-order valence-corrected chi connectivity index (χ1v) is 5.28. The van der Waals surface area contributed by atoms with Gasteiger partial charge in [0.15, 0.2) is 0 Å². The van der Waals surface area contributed by atoms with Crippen LogP contribution in [0.2, 0.25) is 0 Å². The number of pyridine rings is 1. The van der Waals surface area contributed by atoms with Gasteiger partial charge in [0.2, 0.25) is 0 Å². The van der Waals surface area contributed by atoms with E-state index in [-0.39, 0.29) is 5.56 Å². The number of nitrogens with zero attached hydrogens (tertiary/aromatic N) is 1. The van der Waals surface area contributed by atoms with Crippen molar-refractivity contribution in [1.29, 1.82) is 0 Å². The number of hydrogen-bond donors (Lipinski definition) is 1.